The molecule has 2 saturated carbocycles. The van der Waals surface area contributed by atoms with Crippen molar-refractivity contribution in [1.29, 1.82) is 0 Å². The van der Waals surface area contributed by atoms with Crippen LogP contribution >= 0.6 is 0 Å². The Kier molecular flexibility index (Phi) is 12.4. The normalized spacial score (nSPS) is 38.8. The molecule has 14 atom stereocenters. The molecule has 5 N–H and O–H groups in total. The number of aliphatic hydroxyl groups is 5. The molecule has 4 aliphatic rings. The lowest BCUT2D eigenvalue weighted by atomic mass is 9.45. The van der Waals surface area contributed by atoms with E-state index in [4.69, 9.17) is 28.4 Å². The van der Waals surface area contributed by atoms with Crippen LogP contribution in [-0.4, -0.2) is 107 Å². The van der Waals surface area contributed by atoms with Crippen LogP contribution in [0.5, 0.6) is 11.5 Å². The molecule has 53 heavy (non-hydrogen) atoms. The van der Waals surface area contributed by atoms with Gasteiger partial charge in [0.25, 0.3) is 0 Å². The fraction of sp³-hybridized carbons (Fsp3) is 0.732. The number of benzene rings is 2. The van der Waals surface area contributed by atoms with Gasteiger partial charge in [-0.1, -0.05) is 71.7 Å². The van der Waals surface area contributed by atoms with Gasteiger partial charge in [-0.25, -0.2) is 0 Å². The summed E-state index contributed by atoms with van der Waals surface area (Å²) < 4.78 is 36.1. The molecule has 0 bridgehead atoms. The van der Waals surface area contributed by atoms with Crippen LogP contribution < -0.4 is 9.47 Å². The molecule has 0 amide bonds. The maximum Gasteiger partial charge on any atom is 0.314 e. The van der Waals surface area contributed by atoms with Gasteiger partial charge in [0.15, 0.2) is 24.1 Å². The molecule has 6 rings (SSSR count). The van der Waals surface area contributed by atoms with Gasteiger partial charge < -0.3 is 54.0 Å². The van der Waals surface area contributed by atoms with Gasteiger partial charge in [0.05, 0.1) is 32.3 Å². The fourth-order valence-corrected chi connectivity index (χ4v) is 9.96. The van der Waals surface area contributed by atoms with Gasteiger partial charge >= 0.3 is 5.97 Å². The summed E-state index contributed by atoms with van der Waals surface area (Å²) in [4.78, 5) is 14.3. The summed E-state index contributed by atoms with van der Waals surface area (Å²) in [6.07, 6.45) is -4.22. The van der Waals surface area contributed by atoms with Crippen LogP contribution in [0.4, 0.5) is 0 Å². The first kappa shape index (κ1) is 40.3. The Morgan fingerprint density at radius 1 is 0.887 bits per heavy atom. The minimum absolute atomic E-state index is 0.0701. The molecule has 2 aliphatic carbocycles. The van der Waals surface area contributed by atoms with Gasteiger partial charge in [-0.3, -0.25) is 4.79 Å². The van der Waals surface area contributed by atoms with Crippen molar-refractivity contribution in [3.05, 3.63) is 36.4 Å². The molecule has 12 nitrogen and oxygen atoms in total. The van der Waals surface area contributed by atoms with Crippen molar-refractivity contribution in [3.63, 3.8) is 0 Å². The molecular weight excluding hydrogens is 684 g/mol. The molecule has 296 valence electrons. The number of methoxy groups -OCH3 is 1. The van der Waals surface area contributed by atoms with Gasteiger partial charge in [-0.05, 0) is 83.6 Å². The minimum Gasteiger partial charge on any atom is -0.493 e. The van der Waals surface area contributed by atoms with Crippen LogP contribution in [0.25, 0.3) is 10.8 Å². The van der Waals surface area contributed by atoms with Crippen LogP contribution in [0.3, 0.4) is 0 Å². The summed E-state index contributed by atoms with van der Waals surface area (Å²) in [5.41, 5.74) is -0.598. The van der Waals surface area contributed by atoms with Crippen molar-refractivity contribution in [2.45, 2.75) is 135 Å². The highest BCUT2D eigenvalue weighted by molar-refractivity contribution is 5.87. The average Bonchev–Trinajstić information content (AvgIpc) is 3.60. The van der Waals surface area contributed by atoms with Gasteiger partial charge in [0.2, 0.25) is 0 Å². The third-order valence-corrected chi connectivity index (χ3v) is 13.3. The SMILES string of the molecule is CC[C@@H](C)CC[C@@H]1[C@@H](C(=O)Oc2cc3ccccc3cc2OC)CC[C@H]2C(C)(C)[C@H](O[C@@H]3O[C@H](CO)[C@@H](O)[C@H]3O[C@@H]3O[C@H](CO)[C@@H](O)[C@H]3O)CC[C@]12C. The molecule has 0 radical (unpaired) electrons. The summed E-state index contributed by atoms with van der Waals surface area (Å²) in [5, 5.41) is 53.4. The number of aliphatic hydroxyl groups excluding tert-OH is 5. The monoisotopic (exact) mass is 744 g/mol. The zero-order chi connectivity index (χ0) is 38.2. The minimum atomic E-state index is -1.46. The molecule has 0 unspecified atom stereocenters. The van der Waals surface area contributed by atoms with E-state index in [-0.39, 0.29) is 35.2 Å². The van der Waals surface area contributed by atoms with E-state index in [0.717, 1.165) is 42.9 Å². The van der Waals surface area contributed by atoms with Crippen LogP contribution in [0.15, 0.2) is 36.4 Å². The quantitative estimate of drug-likeness (QED) is 0.145. The van der Waals surface area contributed by atoms with Crippen molar-refractivity contribution < 1.29 is 58.7 Å². The first-order valence-electron chi connectivity index (χ1n) is 19.4. The second-order valence-electron chi connectivity index (χ2n) is 16.7. The highest BCUT2D eigenvalue weighted by Crippen LogP contribution is 2.63. The molecule has 2 saturated heterocycles. The molecule has 4 fully saturated rings. The summed E-state index contributed by atoms with van der Waals surface area (Å²) in [5.74, 6) is 1.19. The highest BCUT2D eigenvalue weighted by atomic mass is 16.8. The van der Waals surface area contributed by atoms with Crippen molar-refractivity contribution in [2.75, 3.05) is 20.3 Å². The van der Waals surface area contributed by atoms with Gasteiger partial charge in [0.1, 0.15) is 36.6 Å². The molecule has 0 aromatic heterocycles. The van der Waals surface area contributed by atoms with Crippen molar-refractivity contribution >= 4 is 16.7 Å². The molecule has 0 spiro atoms. The molecular formula is C41H60O12. The summed E-state index contributed by atoms with van der Waals surface area (Å²) in [7, 11) is 1.59. The van der Waals surface area contributed by atoms with E-state index >= 15 is 0 Å². The number of esters is 1. The first-order chi connectivity index (χ1) is 25.3. The Morgan fingerprint density at radius 2 is 1.53 bits per heavy atom. The average molecular weight is 745 g/mol. The van der Waals surface area contributed by atoms with Crippen LogP contribution in [0.2, 0.25) is 0 Å². The van der Waals surface area contributed by atoms with E-state index < -0.39 is 67.8 Å². The summed E-state index contributed by atoms with van der Waals surface area (Å²) >= 11 is 0. The number of ether oxygens (including phenoxy) is 6. The predicted octanol–water partition coefficient (Wildman–Crippen LogP) is 4.34. The Morgan fingerprint density at radius 3 is 2.15 bits per heavy atom. The number of hydrogen-bond donors (Lipinski definition) is 5. The van der Waals surface area contributed by atoms with E-state index in [1.54, 1.807) is 7.11 Å². The molecule has 12 heteroatoms. The maximum atomic E-state index is 14.3. The topological polar surface area (TPSA) is 174 Å². The second-order valence-corrected chi connectivity index (χ2v) is 16.7. The van der Waals surface area contributed by atoms with Crippen molar-refractivity contribution in [2.24, 2.45) is 34.5 Å². The predicted molar refractivity (Wildman–Crippen MR) is 195 cm³/mol. The Hall–Kier alpha value is -2.39. The Bertz CT molecular complexity index is 1550. The van der Waals surface area contributed by atoms with Gasteiger partial charge in [-0.2, -0.15) is 0 Å². The first-order valence-corrected chi connectivity index (χ1v) is 19.4. The number of carbonyl (C=O) groups is 1. The number of hydrogen-bond acceptors (Lipinski definition) is 12. The van der Waals surface area contributed by atoms with E-state index in [1.807, 2.05) is 36.4 Å². The standard InChI is InChI=1S/C41H60O12/c1-7-22(2)12-14-26-25(37(47)49-28-19-24-11-9-8-10-23(24)18-27(28)48-6)13-15-31-40(3,4)32(16-17-41(26,31)5)52-39-36(34(45)30(21-43)51-39)53-38-35(46)33(44)29(20-42)50-38/h8-11,18-19,22,25-26,29-36,38-39,42-46H,7,12-17,20-21H2,1-6H3/t22-,25+,26-,29-,30-,31+,32-,33-,34-,35-,36-,38+,39+,41-/m1/s1. The summed E-state index contributed by atoms with van der Waals surface area (Å²) in [6, 6.07) is 11.7. The van der Waals surface area contributed by atoms with E-state index in [1.165, 1.54) is 0 Å². The smallest absolute Gasteiger partial charge is 0.314 e. The zero-order valence-corrected chi connectivity index (χ0v) is 31.9. The van der Waals surface area contributed by atoms with Crippen molar-refractivity contribution in [3.8, 4) is 11.5 Å². The van der Waals surface area contributed by atoms with E-state index in [9.17, 15) is 30.3 Å². The number of carbonyl (C=O) groups excluding carboxylic acids is 1. The Balaban J connectivity index is 1.22. The number of fused-ring (bicyclic) bond motifs is 2. The Labute approximate surface area is 312 Å². The zero-order valence-electron chi connectivity index (χ0n) is 31.9. The van der Waals surface area contributed by atoms with Gasteiger partial charge in [-0.15, -0.1) is 0 Å². The lowest BCUT2D eigenvalue weighted by Crippen LogP contribution is -2.58. The maximum absolute atomic E-state index is 14.3. The number of rotatable bonds is 13. The third kappa shape index (κ3) is 7.73. The third-order valence-electron chi connectivity index (χ3n) is 13.3. The van der Waals surface area contributed by atoms with Crippen molar-refractivity contribution in [1.82, 2.24) is 0 Å². The van der Waals surface area contributed by atoms with E-state index in [0.29, 0.717) is 30.3 Å². The van der Waals surface area contributed by atoms with Gasteiger partial charge in [0, 0.05) is 0 Å². The van der Waals surface area contributed by atoms with Crippen LogP contribution in [0, 0.1) is 34.5 Å². The molecule has 2 aromatic carbocycles. The second kappa shape index (κ2) is 16.4. The molecule has 2 aliphatic heterocycles. The largest absolute Gasteiger partial charge is 0.493 e. The lowest BCUT2D eigenvalue weighted by molar-refractivity contribution is -0.278. The van der Waals surface area contributed by atoms with E-state index in [2.05, 4.69) is 34.6 Å². The summed E-state index contributed by atoms with van der Waals surface area (Å²) in [6.45, 7) is 10.2. The fourth-order valence-electron chi connectivity index (χ4n) is 9.96. The van der Waals surface area contributed by atoms with Crippen LogP contribution in [-0.2, 0) is 23.7 Å². The highest BCUT2D eigenvalue weighted by Gasteiger charge is 2.60. The van der Waals surface area contributed by atoms with Crippen LogP contribution in [0.1, 0.15) is 79.6 Å². The molecule has 2 heterocycles. The lowest BCUT2D eigenvalue weighted by Gasteiger charge is -2.61. The molecule has 2 aromatic rings.